The van der Waals surface area contributed by atoms with Crippen molar-refractivity contribution in [1.29, 1.82) is 5.26 Å². The number of carbonyl (C=O) groups excluding carboxylic acids is 2. The summed E-state index contributed by atoms with van der Waals surface area (Å²) in [4.78, 5) is 32.7. The lowest BCUT2D eigenvalue weighted by atomic mass is 9.96. The molecule has 4 heterocycles. The van der Waals surface area contributed by atoms with Gasteiger partial charge in [-0.2, -0.15) is 5.26 Å². The van der Waals surface area contributed by atoms with Gasteiger partial charge < -0.3 is 19.5 Å². The van der Waals surface area contributed by atoms with E-state index in [0.29, 0.717) is 36.7 Å². The zero-order valence-corrected chi connectivity index (χ0v) is 18.8. The normalized spacial score (nSPS) is 18.8. The Balaban J connectivity index is 1.63. The first-order valence-corrected chi connectivity index (χ1v) is 11.2. The molecule has 0 radical (unpaired) electrons. The van der Waals surface area contributed by atoms with E-state index in [2.05, 4.69) is 17.2 Å². The summed E-state index contributed by atoms with van der Waals surface area (Å²) in [5.74, 6) is -0.153. The van der Waals surface area contributed by atoms with Gasteiger partial charge in [-0.25, -0.2) is 4.98 Å². The topological polar surface area (TPSA) is 100 Å². The molecule has 8 heteroatoms. The van der Waals surface area contributed by atoms with Crippen LogP contribution in [-0.2, 0) is 17.9 Å². The Kier molecular flexibility index (Phi) is 6.28. The molecular formula is C24H29N5O3. The predicted molar refractivity (Wildman–Crippen MR) is 118 cm³/mol. The Bertz CT molecular complexity index is 1050. The van der Waals surface area contributed by atoms with E-state index >= 15 is 0 Å². The van der Waals surface area contributed by atoms with Crippen molar-refractivity contribution in [2.75, 3.05) is 13.2 Å². The van der Waals surface area contributed by atoms with E-state index in [1.807, 2.05) is 35.5 Å². The van der Waals surface area contributed by atoms with Crippen molar-refractivity contribution in [2.24, 2.45) is 5.92 Å². The van der Waals surface area contributed by atoms with Gasteiger partial charge in [-0.1, -0.05) is 19.9 Å². The summed E-state index contributed by atoms with van der Waals surface area (Å²) in [6.07, 6.45) is 3.64. The summed E-state index contributed by atoms with van der Waals surface area (Å²) in [6.45, 7) is 8.23. The number of rotatable bonds is 5. The van der Waals surface area contributed by atoms with Crippen LogP contribution >= 0.6 is 0 Å². The average Bonchev–Trinajstić information content (AvgIpc) is 3.40. The van der Waals surface area contributed by atoms with Crippen molar-refractivity contribution in [3.63, 3.8) is 0 Å². The number of hydrogen-bond acceptors (Lipinski definition) is 5. The number of amides is 2. The van der Waals surface area contributed by atoms with Gasteiger partial charge in [-0.15, -0.1) is 0 Å². The SMILES string of the molecule is CC(C)C(NC(=O)c1cc(C(=O)N2CCC[C@@H]2C)n2c1COCC2)c1ccc(C#N)nc1. The first-order chi connectivity index (χ1) is 15.4. The van der Waals surface area contributed by atoms with E-state index in [1.165, 1.54) is 0 Å². The molecule has 168 valence electrons. The van der Waals surface area contributed by atoms with E-state index < -0.39 is 0 Å². The number of likely N-dealkylation sites (tertiary alicyclic amines) is 1. The van der Waals surface area contributed by atoms with Gasteiger partial charge in [0.2, 0.25) is 0 Å². The molecule has 1 fully saturated rings. The molecule has 2 aromatic heterocycles. The first kappa shape index (κ1) is 22.0. The molecule has 2 aliphatic rings. The van der Waals surface area contributed by atoms with Crippen LogP contribution in [0, 0.1) is 17.2 Å². The minimum atomic E-state index is -0.277. The van der Waals surface area contributed by atoms with Gasteiger partial charge in [-0.3, -0.25) is 9.59 Å². The zero-order valence-electron chi connectivity index (χ0n) is 18.8. The molecular weight excluding hydrogens is 406 g/mol. The maximum Gasteiger partial charge on any atom is 0.270 e. The number of nitrogens with one attached hydrogen (secondary N) is 1. The standard InChI is InChI=1S/C24H29N5O3/c1-15(2)22(17-6-7-18(12-25)26-13-17)27-23(30)19-11-20(29-9-10-32-14-21(19)29)24(31)28-8-4-5-16(28)3/h6-7,11,13,15-16,22H,4-5,8-10,14H2,1-3H3,(H,27,30)/t16-,22?/m0/s1. The minimum absolute atomic E-state index is 0.0195. The highest BCUT2D eigenvalue weighted by Gasteiger charge is 2.32. The minimum Gasteiger partial charge on any atom is -0.373 e. The number of aromatic nitrogens is 2. The molecule has 0 aliphatic carbocycles. The molecule has 32 heavy (non-hydrogen) atoms. The molecule has 2 atom stereocenters. The molecule has 0 bridgehead atoms. The number of hydrogen-bond donors (Lipinski definition) is 1. The van der Waals surface area contributed by atoms with Gasteiger partial charge in [0, 0.05) is 25.3 Å². The second-order valence-electron chi connectivity index (χ2n) is 8.87. The summed E-state index contributed by atoms with van der Waals surface area (Å²) < 4.78 is 7.57. The fraction of sp³-hybridized carbons (Fsp3) is 0.500. The van der Waals surface area contributed by atoms with Crippen LogP contribution in [0.3, 0.4) is 0 Å². The lowest BCUT2D eigenvalue weighted by molar-refractivity contribution is 0.0683. The largest absolute Gasteiger partial charge is 0.373 e. The highest BCUT2D eigenvalue weighted by molar-refractivity contribution is 6.01. The zero-order chi connectivity index (χ0) is 22.8. The fourth-order valence-electron chi connectivity index (χ4n) is 4.59. The average molecular weight is 436 g/mol. The number of nitrogens with zero attached hydrogens (tertiary/aromatic N) is 4. The Hall–Kier alpha value is -3.18. The van der Waals surface area contributed by atoms with Gasteiger partial charge in [0.25, 0.3) is 11.8 Å². The third-order valence-electron chi connectivity index (χ3n) is 6.40. The lowest BCUT2D eigenvalue weighted by Crippen LogP contribution is -2.35. The maximum atomic E-state index is 13.4. The highest BCUT2D eigenvalue weighted by atomic mass is 16.5. The van der Waals surface area contributed by atoms with Crippen molar-refractivity contribution in [1.82, 2.24) is 19.8 Å². The van der Waals surface area contributed by atoms with Gasteiger partial charge >= 0.3 is 0 Å². The summed E-state index contributed by atoms with van der Waals surface area (Å²) in [5.41, 5.74) is 2.94. The van der Waals surface area contributed by atoms with Crippen molar-refractivity contribution in [3.05, 3.63) is 52.6 Å². The van der Waals surface area contributed by atoms with Gasteiger partial charge in [0.05, 0.1) is 30.5 Å². The quantitative estimate of drug-likeness (QED) is 0.778. The van der Waals surface area contributed by atoms with Crippen LogP contribution in [0.4, 0.5) is 0 Å². The molecule has 0 saturated carbocycles. The van der Waals surface area contributed by atoms with E-state index in [-0.39, 0.29) is 29.8 Å². The molecule has 0 spiro atoms. The Labute approximate surface area is 188 Å². The molecule has 2 aromatic rings. The third-order valence-corrected chi connectivity index (χ3v) is 6.40. The molecule has 2 aliphatic heterocycles. The van der Waals surface area contributed by atoms with Gasteiger partial charge in [0.15, 0.2) is 0 Å². The van der Waals surface area contributed by atoms with Crippen LogP contribution in [0.25, 0.3) is 0 Å². The number of nitriles is 1. The maximum absolute atomic E-state index is 13.4. The Morgan fingerprint density at radius 1 is 1.31 bits per heavy atom. The molecule has 1 N–H and O–H groups in total. The lowest BCUT2D eigenvalue weighted by Gasteiger charge is -2.24. The van der Waals surface area contributed by atoms with Gasteiger partial charge in [0.1, 0.15) is 17.5 Å². The van der Waals surface area contributed by atoms with Crippen LogP contribution in [0.1, 0.15) is 77.5 Å². The number of pyridine rings is 1. The van der Waals surface area contributed by atoms with Crippen molar-refractivity contribution < 1.29 is 14.3 Å². The molecule has 1 saturated heterocycles. The Morgan fingerprint density at radius 3 is 2.75 bits per heavy atom. The molecule has 4 rings (SSSR count). The summed E-state index contributed by atoms with van der Waals surface area (Å²) in [5, 5.41) is 12.1. The van der Waals surface area contributed by atoms with Crippen molar-refractivity contribution >= 4 is 11.8 Å². The summed E-state index contributed by atoms with van der Waals surface area (Å²) in [6, 6.07) is 7.14. The second-order valence-corrected chi connectivity index (χ2v) is 8.87. The summed E-state index contributed by atoms with van der Waals surface area (Å²) >= 11 is 0. The second kappa shape index (κ2) is 9.13. The van der Waals surface area contributed by atoms with Gasteiger partial charge in [-0.05, 0) is 43.4 Å². The fourth-order valence-corrected chi connectivity index (χ4v) is 4.59. The highest BCUT2D eigenvalue weighted by Crippen LogP contribution is 2.27. The van der Waals surface area contributed by atoms with E-state index in [1.54, 1.807) is 18.3 Å². The van der Waals surface area contributed by atoms with Crippen LogP contribution in [0.15, 0.2) is 24.4 Å². The van der Waals surface area contributed by atoms with E-state index in [4.69, 9.17) is 10.00 Å². The molecule has 8 nitrogen and oxygen atoms in total. The van der Waals surface area contributed by atoms with Crippen LogP contribution in [0.5, 0.6) is 0 Å². The van der Waals surface area contributed by atoms with Crippen LogP contribution in [-0.4, -0.2) is 45.5 Å². The number of carbonyl (C=O) groups is 2. The number of ether oxygens (including phenoxy) is 1. The third kappa shape index (κ3) is 4.13. The van der Waals surface area contributed by atoms with Crippen molar-refractivity contribution in [2.45, 2.75) is 58.8 Å². The Morgan fingerprint density at radius 2 is 2.12 bits per heavy atom. The molecule has 2 amide bonds. The van der Waals surface area contributed by atoms with E-state index in [9.17, 15) is 9.59 Å². The monoisotopic (exact) mass is 435 g/mol. The summed E-state index contributed by atoms with van der Waals surface area (Å²) in [7, 11) is 0. The molecule has 1 unspecified atom stereocenters. The molecule has 0 aromatic carbocycles. The van der Waals surface area contributed by atoms with Crippen LogP contribution < -0.4 is 5.32 Å². The predicted octanol–water partition coefficient (Wildman–Crippen LogP) is 3.04. The number of fused-ring (bicyclic) bond motifs is 1. The van der Waals surface area contributed by atoms with E-state index in [0.717, 1.165) is 30.6 Å². The first-order valence-electron chi connectivity index (χ1n) is 11.2. The van der Waals surface area contributed by atoms with Crippen molar-refractivity contribution in [3.8, 4) is 6.07 Å². The van der Waals surface area contributed by atoms with Crippen LogP contribution in [0.2, 0.25) is 0 Å². The smallest absolute Gasteiger partial charge is 0.270 e.